The van der Waals surface area contributed by atoms with Crippen molar-refractivity contribution in [2.45, 2.75) is 6.18 Å². The Morgan fingerprint density at radius 2 is 1.62 bits per heavy atom. The molecule has 0 aliphatic rings. The van der Waals surface area contributed by atoms with Crippen molar-refractivity contribution in [1.82, 2.24) is 9.97 Å². The highest BCUT2D eigenvalue weighted by Gasteiger charge is 2.39. The van der Waals surface area contributed by atoms with E-state index in [1.807, 2.05) is 0 Å². The molecule has 2 aromatic rings. The molecule has 112 valence electrons. The fourth-order valence-corrected chi connectivity index (χ4v) is 2.39. The normalized spacial score (nSPS) is 11.7. The van der Waals surface area contributed by atoms with Gasteiger partial charge in [-0.15, -0.1) is 0 Å². The van der Waals surface area contributed by atoms with E-state index in [4.69, 9.17) is 46.3 Å². The molecule has 0 atom stereocenters. The van der Waals surface area contributed by atoms with Crippen LogP contribution in [0.4, 0.5) is 24.9 Å². The molecule has 0 aliphatic heterocycles. The number of anilines is 2. The average Bonchev–Trinajstić information content (AvgIpc) is 2.30. The molecule has 0 spiro atoms. The summed E-state index contributed by atoms with van der Waals surface area (Å²) in [7, 11) is 0. The Hall–Kier alpha value is -1.44. The summed E-state index contributed by atoms with van der Waals surface area (Å²) >= 11 is 17.5. The Morgan fingerprint density at radius 3 is 2.19 bits per heavy atom. The summed E-state index contributed by atoms with van der Waals surface area (Å²) in [6, 6.07) is 2.47. The average molecular weight is 358 g/mol. The molecule has 10 heteroatoms. The third kappa shape index (κ3) is 3.09. The molecule has 0 saturated carbocycles. The van der Waals surface area contributed by atoms with Crippen molar-refractivity contribution in [3.63, 3.8) is 0 Å². The number of benzene rings is 1. The summed E-state index contributed by atoms with van der Waals surface area (Å²) in [6.45, 7) is 0. The molecular formula is C11H6Cl3F3N4. The third-order valence-corrected chi connectivity index (χ3v) is 3.51. The van der Waals surface area contributed by atoms with Gasteiger partial charge in [0, 0.05) is 10.6 Å². The van der Waals surface area contributed by atoms with Gasteiger partial charge in [-0.25, -0.2) is 4.98 Å². The second kappa shape index (κ2) is 5.40. The van der Waals surface area contributed by atoms with Crippen molar-refractivity contribution in [2.75, 3.05) is 11.5 Å². The maximum Gasteiger partial charge on any atom is 0.422 e. The second-order valence-electron chi connectivity index (χ2n) is 3.94. The fourth-order valence-electron chi connectivity index (χ4n) is 1.70. The molecule has 0 unspecified atom stereocenters. The van der Waals surface area contributed by atoms with Gasteiger partial charge in [0.15, 0.2) is 0 Å². The quantitative estimate of drug-likeness (QED) is 0.746. The molecule has 0 bridgehead atoms. The lowest BCUT2D eigenvalue weighted by atomic mass is 10.1. The first-order valence-electron chi connectivity index (χ1n) is 5.26. The second-order valence-corrected chi connectivity index (χ2v) is 5.16. The smallest absolute Gasteiger partial charge is 0.383 e. The van der Waals surface area contributed by atoms with E-state index < -0.39 is 29.2 Å². The third-order valence-electron chi connectivity index (χ3n) is 2.49. The van der Waals surface area contributed by atoms with E-state index in [1.165, 1.54) is 12.1 Å². The first kappa shape index (κ1) is 15.9. The van der Waals surface area contributed by atoms with Gasteiger partial charge in [0.25, 0.3) is 0 Å². The predicted molar refractivity (Wildman–Crippen MR) is 76.3 cm³/mol. The Morgan fingerprint density at radius 1 is 1.00 bits per heavy atom. The van der Waals surface area contributed by atoms with Gasteiger partial charge in [0.2, 0.25) is 5.95 Å². The maximum atomic E-state index is 13.1. The summed E-state index contributed by atoms with van der Waals surface area (Å²) in [6.07, 6.45) is -4.80. The van der Waals surface area contributed by atoms with Gasteiger partial charge in [-0.3, -0.25) is 0 Å². The van der Waals surface area contributed by atoms with Crippen molar-refractivity contribution in [3.05, 3.63) is 32.8 Å². The maximum absolute atomic E-state index is 13.1. The summed E-state index contributed by atoms with van der Waals surface area (Å²) < 4.78 is 39.4. The lowest BCUT2D eigenvalue weighted by molar-refractivity contribution is -0.136. The van der Waals surface area contributed by atoms with Crippen LogP contribution in [0.15, 0.2) is 12.1 Å². The molecule has 2 rings (SSSR count). The van der Waals surface area contributed by atoms with E-state index in [1.54, 1.807) is 0 Å². The Kier molecular flexibility index (Phi) is 4.10. The molecule has 0 saturated heterocycles. The molecule has 1 aromatic heterocycles. The zero-order valence-corrected chi connectivity index (χ0v) is 12.2. The summed E-state index contributed by atoms with van der Waals surface area (Å²) in [4.78, 5) is 6.89. The van der Waals surface area contributed by atoms with Crippen LogP contribution in [0.2, 0.25) is 15.1 Å². The zero-order valence-electron chi connectivity index (χ0n) is 9.97. The van der Waals surface area contributed by atoms with E-state index >= 15 is 0 Å². The number of nitrogens with two attached hydrogens (primary N) is 2. The number of rotatable bonds is 1. The fraction of sp³-hybridized carbons (Fsp3) is 0.0909. The monoisotopic (exact) mass is 356 g/mol. The highest BCUT2D eigenvalue weighted by Crippen LogP contribution is 2.43. The van der Waals surface area contributed by atoms with Crippen LogP contribution < -0.4 is 11.5 Å². The number of hydrogen-bond donors (Lipinski definition) is 2. The van der Waals surface area contributed by atoms with E-state index in [9.17, 15) is 13.2 Å². The predicted octanol–water partition coefficient (Wildman–Crippen LogP) is 4.29. The minimum absolute atomic E-state index is 0.0250. The molecule has 0 amide bonds. The summed E-state index contributed by atoms with van der Waals surface area (Å²) in [5.41, 5.74) is 8.70. The van der Waals surface area contributed by atoms with Gasteiger partial charge in [0.1, 0.15) is 11.4 Å². The first-order valence-corrected chi connectivity index (χ1v) is 6.39. The van der Waals surface area contributed by atoms with Crippen LogP contribution in [0.5, 0.6) is 0 Å². The molecule has 0 radical (unpaired) electrons. The standard InChI is InChI=1S/C11H6Cl3F3N4/c12-3-1-4(7(14)5(13)2-3)8-6(11(15,16)17)9(18)21-10(19)20-8/h1-2H,(H4,18,19,20,21). The van der Waals surface area contributed by atoms with Crippen molar-refractivity contribution >= 4 is 46.6 Å². The highest BCUT2D eigenvalue weighted by molar-refractivity contribution is 6.45. The number of hydrogen-bond acceptors (Lipinski definition) is 4. The topological polar surface area (TPSA) is 77.8 Å². The van der Waals surface area contributed by atoms with E-state index in [0.29, 0.717) is 0 Å². The van der Waals surface area contributed by atoms with Gasteiger partial charge in [-0.2, -0.15) is 18.2 Å². The Balaban J connectivity index is 2.87. The lowest BCUT2D eigenvalue weighted by Crippen LogP contribution is -2.15. The molecule has 4 nitrogen and oxygen atoms in total. The van der Waals surface area contributed by atoms with Crippen molar-refractivity contribution < 1.29 is 13.2 Å². The van der Waals surface area contributed by atoms with E-state index in [0.717, 1.165) is 0 Å². The lowest BCUT2D eigenvalue weighted by Gasteiger charge is -2.16. The zero-order chi connectivity index (χ0) is 15.9. The van der Waals surface area contributed by atoms with Crippen LogP contribution in [0.1, 0.15) is 5.56 Å². The number of nitrogens with zero attached hydrogens (tertiary/aromatic N) is 2. The molecule has 4 N–H and O–H groups in total. The molecule has 0 aliphatic carbocycles. The van der Waals surface area contributed by atoms with Crippen LogP contribution in [0.3, 0.4) is 0 Å². The number of alkyl halides is 3. The van der Waals surface area contributed by atoms with Gasteiger partial charge < -0.3 is 11.5 Å². The SMILES string of the molecule is Nc1nc(N)c(C(F)(F)F)c(-c2cc(Cl)cc(Cl)c2Cl)n1. The van der Waals surface area contributed by atoms with Gasteiger partial charge in [0.05, 0.1) is 15.7 Å². The summed E-state index contributed by atoms with van der Waals surface area (Å²) in [5, 5.41) is -0.0876. The largest absolute Gasteiger partial charge is 0.422 e. The molecule has 0 fully saturated rings. The van der Waals surface area contributed by atoms with Crippen LogP contribution in [-0.4, -0.2) is 9.97 Å². The minimum Gasteiger partial charge on any atom is -0.383 e. The van der Waals surface area contributed by atoms with Crippen LogP contribution >= 0.6 is 34.8 Å². The number of halogens is 6. The summed E-state index contributed by atoms with van der Waals surface area (Å²) in [5.74, 6) is -1.24. The van der Waals surface area contributed by atoms with Crippen LogP contribution in [0.25, 0.3) is 11.3 Å². The number of aromatic nitrogens is 2. The van der Waals surface area contributed by atoms with E-state index in [-0.39, 0.29) is 20.6 Å². The van der Waals surface area contributed by atoms with Crippen molar-refractivity contribution in [1.29, 1.82) is 0 Å². The van der Waals surface area contributed by atoms with Gasteiger partial charge in [-0.05, 0) is 12.1 Å². The van der Waals surface area contributed by atoms with Gasteiger partial charge in [-0.1, -0.05) is 34.8 Å². The Bertz CT molecular complexity index is 719. The van der Waals surface area contributed by atoms with Crippen LogP contribution in [-0.2, 0) is 6.18 Å². The molecular weight excluding hydrogens is 352 g/mol. The highest BCUT2D eigenvalue weighted by atomic mass is 35.5. The van der Waals surface area contributed by atoms with E-state index in [2.05, 4.69) is 9.97 Å². The first-order chi connectivity index (χ1) is 9.61. The molecule has 1 aromatic carbocycles. The molecule has 21 heavy (non-hydrogen) atoms. The molecule has 1 heterocycles. The van der Waals surface area contributed by atoms with Crippen molar-refractivity contribution in [3.8, 4) is 11.3 Å². The minimum atomic E-state index is -4.80. The Labute approximate surface area is 131 Å². The number of nitrogen functional groups attached to an aromatic ring is 2. The van der Waals surface area contributed by atoms with Crippen molar-refractivity contribution in [2.24, 2.45) is 0 Å². The van der Waals surface area contributed by atoms with Crippen LogP contribution in [0, 0.1) is 0 Å². The van der Waals surface area contributed by atoms with Gasteiger partial charge >= 0.3 is 6.18 Å².